The van der Waals surface area contributed by atoms with Gasteiger partial charge in [-0.25, -0.2) is 0 Å². The first-order chi connectivity index (χ1) is 6.29. The molecule has 0 N–H and O–H groups in total. The lowest BCUT2D eigenvalue weighted by molar-refractivity contribution is 0.467. The summed E-state index contributed by atoms with van der Waals surface area (Å²) in [6.07, 6.45) is 4.42. The number of nitrogens with zero attached hydrogens (tertiary/aromatic N) is 1. The lowest BCUT2D eigenvalue weighted by atomic mass is 9.88. The molecule has 0 aromatic heterocycles. The van der Waals surface area contributed by atoms with Crippen molar-refractivity contribution in [3.8, 4) is 0 Å². The van der Waals surface area contributed by atoms with Crippen LogP contribution < -0.4 is 0 Å². The smallest absolute Gasteiger partial charge is 0.0109 e. The number of rotatable bonds is 4. The van der Waals surface area contributed by atoms with Crippen LogP contribution in [0.2, 0.25) is 0 Å². The Hall–Kier alpha value is -0.720. The summed E-state index contributed by atoms with van der Waals surface area (Å²) in [5.74, 6) is 0. The van der Waals surface area contributed by atoms with Crippen LogP contribution in [0.15, 0.2) is 24.0 Å². The number of hydrogen-bond acceptors (Lipinski definition) is 1. The molecule has 82 valence electrons. The van der Waals surface area contributed by atoms with Crippen LogP contribution in [0.25, 0.3) is 0 Å². The van der Waals surface area contributed by atoms with Gasteiger partial charge in [-0.15, -0.1) is 0 Å². The van der Waals surface area contributed by atoms with Gasteiger partial charge in [0.1, 0.15) is 0 Å². The SMILES string of the molecule is C=C(CCC)N(C)/C=C(\C)C(C)(C)C. The van der Waals surface area contributed by atoms with Crippen LogP contribution >= 0.6 is 0 Å². The predicted molar refractivity (Wildman–Crippen MR) is 65.0 cm³/mol. The van der Waals surface area contributed by atoms with Crippen molar-refractivity contribution in [2.24, 2.45) is 5.41 Å². The molecule has 0 rings (SSSR count). The lowest BCUT2D eigenvalue weighted by Gasteiger charge is -2.24. The maximum atomic E-state index is 4.06. The van der Waals surface area contributed by atoms with E-state index in [2.05, 4.69) is 59.3 Å². The number of allylic oxidation sites excluding steroid dienone is 2. The molecule has 0 radical (unpaired) electrons. The number of hydrogen-bond donors (Lipinski definition) is 0. The molecule has 0 aliphatic carbocycles. The van der Waals surface area contributed by atoms with Crippen molar-refractivity contribution in [3.05, 3.63) is 24.0 Å². The Labute approximate surface area is 89.5 Å². The molecule has 0 aliphatic heterocycles. The Morgan fingerprint density at radius 2 is 1.86 bits per heavy atom. The second-order valence-electron chi connectivity index (χ2n) is 4.99. The minimum absolute atomic E-state index is 0.251. The average molecular weight is 195 g/mol. The monoisotopic (exact) mass is 195 g/mol. The standard InChI is InChI=1S/C13H25N/c1-8-9-12(3)14(7)10-11(2)13(4,5)6/h10H,3,8-9H2,1-2,4-7H3/b11-10+. The molecule has 1 heteroatoms. The fraction of sp³-hybridized carbons (Fsp3) is 0.692. The highest BCUT2D eigenvalue weighted by molar-refractivity contribution is 5.10. The van der Waals surface area contributed by atoms with E-state index < -0.39 is 0 Å². The van der Waals surface area contributed by atoms with Gasteiger partial charge in [-0.3, -0.25) is 0 Å². The van der Waals surface area contributed by atoms with E-state index >= 15 is 0 Å². The summed E-state index contributed by atoms with van der Waals surface area (Å²) in [6.45, 7) is 15.1. The summed E-state index contributed by atoms with van der Waals surface area (Å²) >= 11 is 0. The third-order valence-electron chi connectivity index (χ3n) is 2.61. The molecule has 0 atom stereocenters. The Morgan fingerprint density at radius 3 is 2.21 bits per heavy atom. The van der Waals surface area contributed by atoms with E-state index in [0.717, 1.165) is 12.8 Å². The van der Waals surface area contributed by atoms with Crippen molar-refractivity contribution >= 4 is 0 Å². The molecule has 0 bridgehead atoms. The summed E-state index contributed by atoms with van der Waals surface area (Å²) in [5.41, 5.74) is 2.83. The van der Waals surface area contributed by atoms with Crippen LogP contribution in [0, 0.1) is 5.41 Å². The zero-order valence-corrected chi connectivity index (χ0v) is 10.6. The molecule has 0 saturated heterocycles. The van der Waals surface area contributed by atoms with Gasteiger partial charge < -0.3 is 4.90 Å². The summed E-state index contributed by atoms with van der Waals surface area (Å²) < 4.78 is 0. The van der Waals surface area contributed by atoms with E-state index in [1.807, 2.05) is 0 Å². The molecule has 0 aromatic rings. The molecule has 0 amide bonds. The third kappa shape index (κ3) is 4.50. The molecule has 1 nitrogen and oxygen atoms in total. The lowest BCUT2D eigenvalue weighted by Crippen LogP contribution is -2.14. The normalized spacial score (nSPS) is 12.9. The second-order valence-corrected chi connectivity index (χ2v) is 4.99. The molecule has 14 heavy (non-hydrogen) atoms. The van der Waals surface area contributed by atoms with Crippen LogP contribution in [0.4, 0.5) is 0 Å². The van der Waals surface area contributed by atoms with Crippen molar-refractivity contribution in [1.82, 2.24) is 4.90 Å². The molecule has 0 heterocycles. The maximum Gasteiger partial charge on any atom is 0.0109 e. The second kappa shape index (κ2) is 5.23. The zero-order valence-electron chi connectivity index (χ0n) is 10.6. The minimum Gasteiger partial charge on any atom is -0.355 e. The highest BCUT2D eigenvalue weighted by atomic mass is 15.1. The van der Waals surface area contributed by atoms with Crippen molar-refractivity contribution in [2.75, 3.05) is 7.05 Å². The summed E-state index contributed by atoms with van der Waals surface area (Å²) in [6, 6.07) is 0. The van der Waals surface area contributed by atoms with E-state index in [4.69, 9.17) is 0 Å². The summed E-state index contributed by atoms with van der Waals surface area (Å²) in [4.78, 5) is 2.14. The average Bonchev–Trinajstić information content (AvgIpc) is 2.02. The Kier molecular flexibility index (Phi) is 4.96. The third-order valence-corrected chi connectivity index (χ3v) is 2.61. The summed E-state index contributed by atoms with van der Waals surface area (Å²) in [5, 5.41) is 0. The molecule has 0 spiro atoms. The minimum atomic E-state index is 0.251. The fourth-order valence-corrected chi connectivity index (χ4v) is 1.04. The van der Waals surface area contributed by atoms with Crippen LogP contribution in [-0.2, 0) is 0 Å². The first-order valence-corrected chi connectivity index (χ1v) is 5.38. The van der Waals surface area contributed by atoms with Gasteiger partial charge in [-0.1, -0.05) is 46.3 Å². The Morgan fingerprint density at radius 1 is 1.36 bits per heavy atom. The molecule has 0 saturated carbocycles. The van der Waals surface area contributed by atoms with Gasteiger partial charge in [0, 0.05) is 18.9 Å². The molecule has 0 fully saturated rings. The molecule has 0 aliphatic rings. The first kappa shape index (κ1) is 13.3. The van der Waals surface area contributed by atoms with Gasteiger partial charge in [0.05, 0.1) is 0 Å². The maximum absolute atomic E-state index is 4.06. The van der Waals surface area contributed by atoms with Crippen molar-refractivity contribution in [1.29, 1.82) is 0 Å². The van der Waals surface area contributed by atoms with Crippen molar-refractivity contribution in [2.45, 2.75) is 47.5 Å². The molecule has 0 aromatic carbocycles. The van der Waals surface area contributed by atoms with Gasteiger partial charge in [0.2, 0.25) is 0 Å². The van der Waals surface area contributed by atoms with Crippen molar-refractivity contribution in [3.63, 3.8) is 0 Å². The molecule has 0 unspecified atom stereocenters. The van der Waals surface area contributed by atoms with Gasteiger partial charge in [0.15, 0.2) is 0 Å². The van der Waals surface area contributed by atoms with E-state index in [-0.39, 0.29) is 5.41 Å². The van der Waals surface area contributed by atoms with Crippen LogP contribution in [0.3, 0.4) is 0 Å². The van der Waals surface area contributed by atoms with Crippen LogP contribution in [-0.4, -0.2) is 11.9 Å². The highest BCUT2D eigenvalue weighted by Crippen LogP contribution is 2.25. The molecular formula is C13H25N. The fourth-order valence-electron chi connectivity index (χ4n) is 1.04. The van der Waals surface area contributed by atoms with Gasteiger partial charge in [-0.05, 0) is 18.8 Å². The first-order valence-electron chi connectivity index (χ1n) is 5.38. The van der Waals surface area contributed by atoms with Crippen molar-refractivity contribution < 1.29 is 0 Å². The largest absolute Gasteiger partial charge is 0.355 e. The van der Waals surface area contributed by atoms with Gasteiger partial charge in [-0.2, -0.15) is 0 Å². The Balaban J connectivity index is 4.43. The van der Waals surface area contributed by atoms with E-state index in [9.17, 15) is 0 Å². The van der Waals surface area contributed by atoms with Gasteiger partial charge >= 0.3 is 0 Å². The van der Waals surface area contributed by atoms with Crippen LogP contribution in [0.5, 0.6) is 0 Å². The quantitative estimate of drug-likeness (QED) is 0.650. The predicted octanol–water partition coefficient (Wildman–Crippen LogP) is 4.18. The van der Waals surface area contributed by atoms with Crippen LogP contribution in [0.1, 0.15) is 47.5 Å². The van der Waals surface area contributed by atoms with Gasteiger partial charge in [0.25, 0.3) is 0 Å². The van der Waals surface area contributed by atoms with E-state index in [0.29, 0.717) is 0 Å². The topological polar surface area (TPSA) is 3.24 Å². The highest BCUT2D eigenvalue weighted by Gasteiger charge is 2.13. The van der Waals surface area contributed by atoms with E-state index in [1.165, 1.54) is 11.3 Å². The Bertz CT molecular complexity index is 218. The molecular weight excluding hydrogens is 170 g/mol. The zero-order chi connectivity index (χ0) is 11.4. The van der Waals surface area contributed by atoms with E-state index in [1.54, 1.807) is 0 Å². The summed E-state index contributed by atoms with van der Waals surface area (Å²) in [7, 11) is 2.08.